The Hall–Kier alpha value is -0.0151. The van der Waals surface area contributed by atoms with E-state index < -0.39 is 0 Å². The van der Waals surface area contributed by atoms with Gasteiger partial charge in [-0.3, -0.25) is 0 Å². The van der Waals surface area contributed by atoms with Crippen LogP contribution < -0.4 is 11.0 Å². The molecule has 0 saturated carbocycles. The molecule has 0 spiro atoms. The molecule has 0 radical (unpaired) electrons. The summed E-state index contributed by atoms with van der Waals surface area (Å²) in [6.45, 7) is 11.1. The predicted octanol–water partition coefficient (Wildman–Crippen LogP) is 1.31. The second-order valence-electron chi connectivity index (χ2n) is 5.56. The minimum absolute atomic E-state index is 0.294. The molecule has 2 nitrogen and oxygen atoms in total. The fraction of sp³-hybridized carbons (Fsp3) is 1.00. The monoisotopic (exact) mass is 198 g/mol. The van der Waals surface area contributed by atoms with Crippen LogP contribution in [0.25, 0.3) is 0 Å². The van der Waals surface area contributed by atoms with Crippen molar-refractivity contribution in [2.75, 3.05) is 13.1 Å². The van der Waals surface area contributed by atoms with Crippen LogP contribution in [0.15, 0.2) is 0 Å². The van der Waals surface area contributed by atoms with Gasteiger partial charge in [-0.25, -0.2) is 0 Å². The molecule has 0 aliphatic heterocycles. The van der Waals surface area contributed by atoms with Crippen LogP contribution >= 0.6 is 0 Å². The van der Waals surface area contributed by atoms with Crippen molar-refractivity contribution in [2.45, 2.75) is 47.0 Å². The highest BCUT2D eigenvalue weighted by atomic mass is 14.7. The van der Waals surface area contributed by atoms with E-state index in [-0.39, 0.29) is 0 Å². The zero-order valence-electron chi connectivity index (χ0n) is 10.6. The fourth-order valence-electron chi connectivity index (χ4n) is 1.97. The fourth-order valence-corrected chi connectivity index (χ4v) is 1.97. The van der Waals surface area contributed by atoms with Crippen molar-refractivity contribution in [3.8, 4) is 0 Å². The first-order valence-electron chi connectivity index (χ1n) is 5.74. The molecule has 3 heteroatoms. The molecule has 0 fully saturated rings. The maximum absolute atomic E-state index is 5.88. The van der Waals surface area contributed by atoms with E-state index >= 15 is 0 Å². The van der Waals surface area contributed by atoms with E-state index in [9.17, 15) is 0 Å². The summed E-state index contributed by atoms with van der Waals surface area (Å²) in [6.07, 6.45) is 3.61. The minimum atomic E-state index is 0.294. The van der Waals surface area contributed by atoms with Crippen LogP contribution in [0.1, 0.15) is 47.0 Å². The normalized spacial score (nSPS) is 16.6. The van der Waals surface area contributed by atoms with Crippen molar-refractivity contribution in [1.82, 2.24) is 5.23 Å². The van der Waals surface area contributed by atoms with Gasteiger partial charge in [-0.05, 0) is 36.8 Å². The maximum atomic E-state index is 5.88. The lowest BCUT2D eigenvalue weighted by Gasteiger charge is -2.36. The zero-order chi connectivity index (χ0) is 11.2. The van der Waals surface area contributed by atoms with Crippen molar-refractivity contribution in [3.63, 3.8) is 0 Å². The summed E-state index contributed by atoms with van der Waals surface area (Å²) in [5.74, 6) is 0. The number of nitrogens with two attached hydrogens (primary N) is 1. The van der Waals surface area contributed by atoms with Crippen LogP contribution in [-0.4, -0.2) is 21.1 Å². The van der Waals surface area contributed by atoms with E-state index in [2.05, 4.69) is 32.9 Å². The third-order valence-corrected chi connectivity index (χ3v) is 3.33. The zero-order valence-corrected chi connectivity index (χ0v) is 10.6. The Morgan fingerprint density at radius 3 is 2.21 bits per heavy atom. The summed E-state index contributed by atoms with van der Waals surface area (Å²) in [4.78, 5) is 0. The topological polar surface area (TPSA) is 38.0 Å². The predicted molar refractivity (Wildman–Crippen MR) is 67.0 cm³/mol. The molecule has 0 saturated heterocycles. The number of nitrogens with one attached hydrogen (secondary N) is 1. The van der Waals surface area contributed by atoms with Gasteiger partial charge in [0.1, 0.15) is 0 Å². The van der Waals surface area contributed by atoms with E-state index in [1.165, 1.54) is 19.3 Å². The van der Waals surface area contributed by atoms with Gasteiger partial charge >= 0.3 is 0 Å². The van der Waals surface area contributed by atoms with E-state index in [0.717, 1.165) is 13.1 Å². The average Bonchev–Trinajstić information content (AvgIpc) is 2.14. The second-order valence-corrected chi connectivity index (χ2v) is 5.56. The molecule has 0 amide bonds. The van der Waals surface area contributed by atoms with Gasteiger partial charge < -0.3 is 11.0 Å². The van der Waals surface area contributed by atoms with Gasteiger partial charge in [0.2, 0.25) is 0 Å². The summed E-state index contributed by atoms with van der Waals surface area (Å²) in [7, 11) is 2.00. The lowest BCUT2D eigenvalue weighted by Crippen LogP contribution is -2.35. The summed E-state index contributed by atoms with van der Waals surface area (Å²) < 4.78 is 0. The third kappa shape index (κ3) is 5.01. The van der Waals surface area contributed by atoms with Gasteiger partial charge in [-0.2, -0.15) is 0 Å². The standard InChI is InChI=1S/C11H27BN2/c1-5-10(2,3)8-11(4,9-13)6-7-14-12/h14H,5-9,12-13H2,1-4H3. The molecule has 0 aromatic heterocycles. The Kier molecular flexibility index (Phi) is 5.76. The quantitative estimate of drug-likeness (QED) is 0.605. The molecule has 1 unspecified atom stereocenters. The van der Waals surface area contributed by atoms with Crippen molar-refractivity contribution >= 4 is 7.98 Å². The molecule has 0 aliphatic carbocycles. The van der Waals surface area contributed by atoms with Crippen LogP contribution in [0, 0.1) is 10.8 Å². The highest BCUT2D eigenvalue weighted by Gasteiger charge is 2.29. The Morgan fingerprint density at radius 1 is 1.29 bits per heavy atom. The molecule has 3 N–H and O–H groups in total. The second kappa shape index (κ2) is 5.77. The average molecular weight is 198 g/mol. The van der Waals surface area contributed by atoms with Gasteiger partial charge in [0.05, 0.1) is 0 Å². The highest BCUT2D eigenvalue weighted by molar-refractivity contribution is 6.04. The van der Waals surface area contributed by atoms with Gasteiger partial charge in [-0.15, -0.1) is 0 Å². The number of hydrogen-bond acceptors (Lipinski definition) is 2. The molecule has 0 heterocycles. The van der Waals surface area contributed by atoms with Gasteiger partial charge in [0.15, 0.2) is 7.98 Å². The largest absolute Gasteiger partial charge is 0.362 e. The highest BCUT2D eigenvalue weighted by Crippen LogP contribution is 2.37. The summed E-state index contributed by atoms with van der Waals surface area (Å²) in [6, 6.07) is 0. The van der Waals surface area contributed by atoms with Crippen LogP contribution in [0.4, 0.5) is 0 Å². The first-order chi connectivity index (χ1) is 6.39. The molecule has 0 bridgehead atoms. The molecular weight excluding hydrogens is 171 g/mol. The summed E-state index contributed by atoms with van der Waals surface area (Å²) >= 11 is 0. The number of rotatable bonds is 7. The van der Waals surface area contributed by atoms with E-state index in [1.807, 2.05) is 7.98 Å². The van der Waals surface area contributed by atoms with Crippen molar-refractivity contribution < 1.29 is 0 Å². The van der Waals surface area contributed by atoms with Crippen molar-refractivity contribution in [2.24, 2.45) is 16.6 Å². The van der Waals surface area contributed by atoms with Crippen molar-refractivity contribution in [1.29, 1.82) is 0 Å². The van der Waals surface area contributed by atoms with E-state index in [0.29, 0.717) is 10.8 Å². The van der Waals surface area contributed by atoms with Crippen LogP contribution in [-0.2, 0) is 0 Å². The lowest BCUT2D eigenvalue weighted by atomic mass is 9.71. The first kappa shape index (κ1) is 14.0. The Balaban J connectivity index is 4.23. The van der Waals surface area contributed by atoms with E-state index in [4.69, 9.17) is 5.73 Å². The smallest absolute Gasteiger partial charge is 0.181 e. The summed E-state index contributed by atoms with van der Waals surface area (Å²) in [5.41, 5.74) is 6.59. The SMILES string of the molecule is BNCCC(C)(CN)CC(C)(C)CC. The van der Waals surface area contributed by atoms with Crippen LogP contribution in [0.2, 0.25) is 0 Å². The molecule has 0 aliphatic rings. The lowest BCUT2D eigenvalue weighted by molar-refractivity contribution is 0.167. The van der Waals surface area contributed by atoms with E-state index in [1.54, 1.807) is 0 Å². The van der Waals surface area contributed by atoms with Gasteiger partial charge in [0, 0.05) is 0 Å². The first-order valence-corrected chi connectivity index (χ1v) is 5.74. The Morgan fingerprint density at radius 2 is 1.86 bits per heavy atom. The Bertz CT molecular complexity index is 159. The molecule has 84 valence electrons. The molecular formula is C11H27BN2. The maximum Gasteiger partial charge on any atom is 0.181 e. The van der Waals surface area contributed by atoms with Crippen LogP contribution in [0.5, 0.6) is 0 Å². The minimum Gasteiger partial charge on any atom is -0.362 e. The van der Waals surface area contributed by atoms with Gasteiger partial charge in [0.25, 0.3) is 0 Å². The molecule has 1 atom stereocenters. The van der Waals surface area contributed by atoms with Crippen LogP contribution in [0.3, 0.4) is 0 Å². The third-order valence-electron chi connectivity index (χ3n) is 3.33. The van der Waals surface area contributed by atoms with Crippen molar-refractivity contribution in [3.05, 3.63) is 0 Å². The summed E-state index contributed by atoms with van der Waals surface area (Å²) in [5, 5.41) is 3.21. The van der Waals surface area contributed by atoms with Gasteiger partial charge in [-0.1, -0.05) is 34.1 Å². The molecule has 0 aromatic rings. The molecule has 14 heavy (non-hydrogen) atoms. The number of hydrogen-bond donors (Lipinski definition) is 2. The molecule has 0 aromatic carbocycles. The molecule has 0 rings (SSSR count). The Labute approximate surface area is 90.5 Å².